The monoisotopic (exact) mass is 737 g/mol. The van der Waals surface area contributed by atoms with E-state index < -0.39 is 59.9 Å². The van der Waals surface area contributed by atoms with Gasteiger partial charge in [-0.2, -0.15) is 8.42 Å². The summed E-state index contributed by atoms with van der Waals surface area (Å²) >= 11 is 0. The lowest BCUT2D eigenvalue weighted by Crippen LogP contribution is -2.61. The Morgan fingerprint density at radius 2 is 1.30 bits per heavy atom. The van der Waals surface area contributed by atoms with Gasteiger partial charge in [0.15, 0.2) is 6.29 Å². The number of hydrogen-bond donors (Lipinski definition) is 6. The molecular weight excluding hydrogens is 666 g/mol. The van der Waals surface area contributed by atoms with E-state index in [1.54, 1.807) is 0 Å². The molecule has 1 amide bonds. The number of ether oxygens (including phenoxy) is 2. The number of carbonyl (C=O) groups is 1. The van der Waals surface area contributed by atoms with E-state index >= 15 is 0 Å². The Balaban J connectivity index is 2.61. The number of rotatable bonds is 32. The van der Waals surface area contributed by atoms with Crippen molar-refractivity contribution < 1.29 is 51.8 Å². The number of nitrogens with one attached hydrogen (secondary N) is 1. The molecule has 12 nitrogen and oxygen atoms in total. The summed E-state index contributed by atoms with van der Waals surface area (Å²) in [5.41, 5.74) is 0. The van der Waals surface area contributed by atoms with Crippen molar-refractivity contribution in [2.24, 2.45) is 0 Å². The molecule has 1 aliphatic rings. The van der Waals surface area contributed by atoms with Crippen LogP contribution in [0.15, 0.2) is 12.2 Å². The maximum Gasteiger partial charge on any atom is 0.397 e. The first-order valence-corrected chi connectivity index (χ1v) is 20.9. The molecule has 0 radical (unpaired) electrons. The van der Waals surface area contributed by atoms with Crippen LogP contribution in [0, 0.1) is 0 Å². The van der Waals surface area contributed by atoms with E-state index in [9.17, 15) is 33.6 Å². The van der Waals surface area contributed by atoms with E-state index in [-0.39, 0.29) is 18.9 Å². The maximum atomic E-state index is 12.9. The summed E-state index contributed by atoms with van der Waals surface area (Å²) in [5.74, 6) is -0.243. The van der Waals surface area contributed by atoms with Crippen LogP contribution in [0.1, 0.15) is 162 Å². The zero-order valence-corrected chi connectivity index (χ0v) is 31.8. The van der Waals surface area contributed by atoms with Crippen molar-refractivity contribution in [1.29, 1.82) is 0 Å². The highest BCUT2D eigenvalue weighted by Gasteiger charge is 2.48. The highest BCUT2D eigenvalue weighted by atomic mass is 32.3. The molecule has 0 bridgehead atoms. The first-order chi connectivity index (χ1) is 24.0. The number of aliphatic hydroxyl groups is 4. The standard InChI is InChI=1S/C37H71NO11S/c1-3-5-7-9-11-13-15-17-18-20-22-24-26-31(40)30(38-33(41)27-25-23-21-19-16-14-12-10-8-6-4-2)29-47-37-35(43)36(49-50(44,45)46)34(42)32(28-39)48-37/h10,12,30-32,34-37,39-40,42-43H,3-9,11,13-29H2,1-2H3,(H,38,41)(H,44,45,46)/b12-10-. The molecule has 1 heterocycles. The Bertz CT molecular complexity index is 967. The summed E-state index contributed by atoms with van der Waals surface area (Å²) in [6.45, 7) is 3.36. The number of amides is 1. The SMILES string of the molecule is CCCC/C=C\CCCCCCCC(=O)NC(COC1OC(CO)C(O)C(OS(=O)(=O)O)C1O)C(O)CCCCCCCCCCCCCC. The lowest BCUT2D eigenvalue weighted by atomic mass is 9.99. The normalized spacial score (nSPS) is 22.6. The second kappa shape index (κ2) is 29.3. The van der Waals surface area contributed by atoms with Gasteiger partial charge in [-0.3, -0.25) is 9.35 Å². The Morgan fingerprint density at radius 1 is 0.780 bits per heavy atom. The predicted octanol–water partition coefficient (Wildman–Crippen LogP) is 6.04. The second-order valence-corrected chi connectivity index (χ2v) is 14.9. The summed E-state index contributed by atoms with van der Waals surface area (Å²) < 4.78 is 47.4. The molecule has 1 fully saturated rings. The van der Waals surface area contributed by atoms with E-state index in [0.29, 0.717) is 12.8 Å². The van der Waals surface area contributed by atoms with E-state index in [4.69, 9.17) is 14.0 Å². The average Bonchev–Trinajstić information content (AvgIpc) is 3.08. The van der Waals surface area contributed by atoms with Crippen LogP contribution in [0.4, 0.5) is 0 Å². The molecule has 0 aromatic rings. The van der Waals surface area contributed by atoms with E-state index in [1.165, 1.54) is 64.2 Å². The predicted molar refractivity (Wildman–Crippen MR) is 195 cm³/mol. The summed E-state index contributed by atoms with van der Waals surface area (Å²) in [6.07, 6.45) is 19.4. The van der Waals surface area contributed by atoms with Crippen molar-refractivity contribution in [3.8, 4) is 0 Å². The fourth-order valence-electron chi connectivity index (χ4n) is 6.20. The minimum absolute atomic E-state index is 0.243. The van der Waals surface area contributed by atoms with Gasteiger partial charge >= 0.3 is 10.4 Å². The fraction of sp³-hybridized carbons (Fsp3) is 0.919. The van der Waals surface area contributed by atoms with Gasteiger partial charge in [0.2, 0.25) is 5.91 Å². The quantitative estimate of drug-likeness (QED) is 0.0268. The number of allylic oxidation sites excluding steroid dienone is 2. The molecule has 296 valence electrons. The van der Waals surface area contributed by atoms with Crippen LogP contribution in [0.25, 0.3) is 0 Å². The number of unbranched alkanes of at least 4 members (excludes halogenated alkanes) is 18. The Hall–Kier alpha value is -1.16. The lowest BCUT2D eigenvalue weighted by Gasteiger charge is -2.41. The fourth-order valence-corrected chi connectivity index (χ4v) is 6.71. The molecule has 13 heteroatoms. The van der Waals surface area contributed by atoms with Crippen LogP contribution in [-0.2, 0) is 28.9 Å². The van der Waals surface area contributed by atoms with Crippen LogP contribution in [0.3, 0.4) is 0 Å². The smallest absolute Gasteiger partial charge is 0.394 e. The first-order valence-electron chi connectivity index (χ1n) is 19.6. The van der Waals surface area contributed by atoms with Gasteiger partial charge in [-0.25, -0.2) is 4.18 Å². The zero-order chi connectivity index (χ0) is 37.0. The maximum absolute atomic E-state index is 12.9. The molecule has 7 atom stereocenters. The molecular formula is C37H71NO11S. The molecule has 0 aromatic carbocycles. The van der Waals surface area contributed by atoms with Gasteiger partial charge in [-0.15, -0.1) is 0 Å². The van der Waals surface area contributed by atoms with Crippen molar-refractivity contribution in [3.05, 3.63) is 12.2 Å². The zero-order valence-electron chi connectivity index (χ0n) is 31.0. The van der Waals surface area contributed by atoms with Crippen molar-refractivity contribution >= 4 is 16.3 Å². The van der Waals surface area contributed by atoms with Gasteiger partial charge in [-0.1, -0.05) is 135 Å². The molecule has 0 aliphatic carbocycles. The molecule has 0 saturated carbocycles. The van der Waals surface area contributed by atoms with Crippen molar-refractivity contribution in [3.63, 3.8) is 0 Å². The van der Waals surface area contributed by atoms with Crippen molar-refractivity contribution in [1.82, 2.24) is 5.32 Å². The second-order valence-electron chi connectivity index (χ2n) is 13.9. The van der Waals surface area contributed by atoms with E-state index in [2.05, 4.69) is 35.5 Å². The molecule has 0 aromatic heterocycles. The number of carbonyl (C=O) groups excluding carboxylic acids is 1. The Kier molecular flexibility index (Phi) is 27.5. The van der Waals surface area contributed by atoms with Crippen LogP contribution in [0.5, 0.6) is 0 Å². The third-order valence-electron chi connectivity index (χ3n) is 9.32. The molecule has 50 heavy (non-hydrogen) atoms. The van der Waals surface area contributed by atoms with Crippen LogP contribution in [0.2, 0.25) is 0 Å². The van der Waals surface area contributed by atoms with Crippen LogP contribution in [-0.4, -0.2) is 95.4 Å². The van der Waals surface area contributed by atoms with Gasteiger partial charge in [0.1, 0.15) is 24.4 Å². The first kappa shape index (κ1) is 46.9. The van der Waals surface area contributed by atoms with E-state index in [1.807, 2.05) is 0 Å². The Labute approximate surface area is 302 Å². The summed E-state index contributed by atoms with van der Waals surface area (Å²) in [7, 11) is -5.07. The van der Waals surface area contributed by atoms with Crippen LogP contribution < -0.4 is 5.32 Å². The molecule has 1 rings (SSSR count). The molecule has 7 unspecified atom stereocenters. The number of aliphatic hydroxyl groups excluding tert-OH is 4. The largest absolute Gasteiger partial charge is 0.397 e. The summed E-state index contributed by atoms with van der Waals surface area (Å²) in [4.78, 5) is 12.9. The third-order valence-corrected chi connectivity index (χ3v) is 9.79. The highest BCUT2D eigenvalue weighted by Crippen LogP contribution is 2.26. The Morgan fingerprint density at radius 3 is 1.86 bits per heavy atom. The van der Waals surface area contributed by atoms with Gasteiger partial charge in [-0.05, 0) is 32.1 Å². The van der Waals surface area contributed by atoms with Crippen LogP contribution >= 0.6 is 0 Å². The molecule has 0 spiro atoms. The number of hydrogen-bond acceptors (Lipinski definition) is 10. The highest BCUT2D eigenvalue weighted by molar-refractivity contribution is 7.80. The van der Waals surface area contributed by atoms with Crippen molar-refractivity contribution in [2.75, 3.05) is 13.2 Å². The third kappa shape index (κ3) is 22.7. The molecule has 1 saturated heterocycles. The summed E-state index contributed by atoms with van der Waals surface area (Å²) in [6, 6.07) is -0.856. The molecule has 1 aliphatic heterocycles. The summed E-state index contributed by atoms with van der Waals surface area (Å²) in [5, 5.41) is 44.5. The van der Waals surface area contributed by atoms with Gasteiger partial charge in [0, 0.05) is 6.42 Å². The average molecular weight is 738 g/mol. The van der Waals surface area contributed by atoms with E-state index in [0.717, 1.165) is 64.2 Å². The minimum Gasteiger partial charge on any atom is -0.394 e. The minimum atomic E-state index is -5.07. The molecule has 6 N–H and O–H groups in total. The van der Waals surface area contributed by atoms with Crippen molar-refractivity contribution in [2.45, 2.75) is 204 Å². The van der Waals surface area contributed by atoms with Gasteiger partial charge in [0.05, 0.1) is 25.4 Å². The van der Waals surface area contributed by atoms with Gasteiger partial charge in [0.25, 0.3) is 0 Å². The lowest BCUT2D eigenvalue weighted by molar-refractivity contribution is -0.298. The van der Waals surface area contributed by atoms with Gasteiger partial charge < -0.3 is 35.2 Å². The topological polar surface area (TPSA) is 192 Å².